The Morgan fingerprint density at radius 3 is 2.67 bits per heavy atom. The van der Waals surface area contributed by atoms with Crippen LogP contribution in [0.15, 0.2) is 0 Å². The van der Waals surface area contributed by atoms with E-state index in [0.717, 1.165) is 25.8 Å². The first-order valence-electron chi connectivity index (χ1n) is 6.77. The zero-order valence-electron chi connectivity index (χ0n) is 11.5. The summed E-state index contributed by atoms with van der Waals surface area (Å²) in [7, 11) is 0. The normalized spacial score (nSPS) is 25.6. The Kier molecular flexibility index (Phi) is 5.44. The number of carbonyl (C=O) groups is 2. The second-order valence-corrected chi connectivity index (χ2v) is 5.18. The van der Waals surface area contributed by atoms with Crippen LogP contribution in [0.5, 0.6) is 0 Å². The zero-order valence-corrected chi connectivity index (χ0v) is 11.5. The number of hydrogen-bond donors (Lipinski definition) is 2. The first kappa shape index (κ1) is 14.8. The van der Waals surface area contributed by atoms with E-state index < -0.39 is 12.0 Å². The van der Waals surface area contributed by atoms with Crippen LogP contribution in [-0.2, 0) is 4.79 Å². The molecule has 5 heteroatoms. The third kappa shape index (κ3) is 3.62. The van der Waals surface area contributed by atoms with Gasteiger partial charge in [-0.15, -0.1) is 0 Å². The van der Waals surface area contributed by atoms with Gasteiger partial charge in [-0.05, 0) is 32.1 Å². The van der Waals surface area contributed by atoms with Crippen molar-refractivity contribution in [3.8, 4) is 0 Å². The van der Waals surface area contributed by atoms with Gasteiger partial charge in [-0.3, -0.25) is 0 Å². The van der Waals surface area contributed by atoms with Gasteiger partial charge >= 0.3 is 12.0 Å². The van der Waals surface area contributed by atoms with Crippen molar-refractivity contribution in [2.24, 2.45) is 5.92 Å². The summed E-state index contributed by atoms with van der Waals surface area (Å²) < 4.78 is 0. The SMILES string of the molecule is CCC[C@@H](NC(=O)N1CCCC(C)C1C)C(=O)O. The van der Waals surface area contributed by atoms with E-state index in [1.165, 1.54) is 0 Å². The van der Waals surface area contributed by atoms with Crippen LogP contribution < -0.4 is 5.32 Å². The lowest BCUT2D eigenvalue weighted by Gasteiger charge is -2.38. The number of carboxylic acid groups (broad SMARTS) is 1. The molecular formula is C13H24N2O3. The number of nitrogens with one attached hydrogen (secondary N) is 1. The van der Waals surface area contributed by atoms with E-state index in [1.54, 1.807) is 4.90 Å². The van der Waals surface area contributed by atoms with Crippen LogP contribution in [-0.4, -0.2) is 40.6 Å². The summed E-state index contributed by atoms with van der Waals surface area (Å²) in [6, 6.07) is -0.836. The number of piperidine rings is 1. The highest BCUT2D eigenvalue weighted by molar-refractivity contribution is 5.82. The third-order valence-electron chi connectivity index (χ3n) is 3.81. The summed E-state index contributed by atoms with van der Waals surface area (Å²) in [4.78, 5) is 24.9. The van der Waals surface area contributed by atoms with Gasteiger partial charge in [0.05, 0.1) is 0 Å². The van der Waals surface area contributed by atoms with Crippen molar-refractivity contribution in [3.63, 3.8) is 0 Å². The number of rotatable bonds is 4. The molecular weight excluding hydrogens is 232 g/mol. The lowest BCUT2D eigenvalue weighted by Crippen LogP contribution is -2.54. The van der Waals surface area contributed by atoms with E-state index in [9.17, 15) is 9.59 Å². The van der Waals surface area contributed by atoms with Gasteiger partial charge in [0, 0.05) is 12.6 Å². The van der Waals surface area contributed by atoms with Gasteiger partial charge in [-0.25, -0.2) is 9.59 Å². The quantitative estimate of drug-likeness (QED) is 0.809. The molecule has 1 fully saturated rings. The van der Waals surface area contributed by atoms with E-state index in [2.05, 4.69) is 12.2 Å². The summed E-state index contributed by atoms with van der Waals surface area (Å²) in [5.41, 5.74) is 0. The standard InChI is InChI=1S/C13H24N2O3/c1-4-6-11(12(16)17)14-13(18)15-8-5-7-9(2)10(15)3/h9-11H,4-8H2,1-3H3,(H,14,18)(H,16,17)/t9?,10?,11-/m1/s1. The van der Waals surface area contributed by atoms with Crippen molar-refractivity contribution in [2.45, 2.75) is 58.5 Å². The maximum Gasteiger partial charge on any atom is 0.326 e. The van der Waals surface area contributed by atoms with Gasteiger partial charge in [-0.1, -0.05) is 20.3 Å². The van der Waals surface area contributed by atoms with Crippen LogP contribution in [0.2, 0.25) is 0 Å². The average molecular weight is 256 g/mol. The summed E-state index contributed by atoms with van der Waals surface area (Å²) in [5, 5.41) is 11.7. The highest BCUT2D eigenvalue weighted by Crippen LogP contribution is 2.22. The Labute approximate surface area is 109 Å². The molecule has 2 unspecified atom stereocenters. The Bertz CT molecular complexity index is 307. The van der Waals surface area contributed by atoms with E-state index in [0.29, 0.717) is 12.3 Å². The molecule has 0 aromatic carbocycles. The molecule has 1 aliphatic rings. The fraction of sp³-hybridized carbons (Fsp3) is 0.846. The van der Waals surface area contributed by atoms with Crippen molar-refractivity contribution in [1.82, 2.24) is 10.2 Å². The van der Waals surface area contributed by atoms with E-state index >= 15 is 0 Å². The van der Waals surface area contributed by atoms with Crippen molar-refractivity contribution >= 4 is 12.0 Å². The van der Waals surface area contributed by atoms with Crippen LogP contribution in [0.4, 0.5) is 4.79 Å². The van der Waals surface area contributed by atoms with Gasteiger partial charge in [0.1, 0.15) is 6.04 Å². The largest absolute Gasteiger partial charge is 0.480 e. The molecule has 1 heterocycles. The van der Waals surface area contributed by atoms with E-state index in [1.807, 2.05) is 13.8 Å². The smallest absolute Gasteiger partial charge is 0.326 e. The Hall–Kier alpha value is -1.26. The average Bonchev–Trinajstić information content (AvgIpc) is 2.31. The molecule has 0 aromatic heterocycles. The van der Waals surface area contributed by atoms with Crippen LogP contribution >= 0.6 is 0 Å². The predicted octanol–water partition coefficient (Wildman–Crippen LogP) is 2.07. The van der Waals surface area contributed by atoms with Crippen molar-refractivity contribution in [2.75, 3.05) is 6.54 Å². The highest BCUT2D eigenvalue weighted by atomic mass is 16.4. The minimum absolute atomic E-state index is 0.176. The molecule has 0 spiro atoms. The monoisotopic (exact) mass is 256 g/mol. The lowest BCUT2D eigenvalue weighted by molar-refractivity contribution is -0.139. The molecule has 18 heavy (non-hydrogen) atoms. The summed E-state index contributed by atoms with van der Waals surface area (Å²) in [6.45, 7) is 6.79. The van der Waals surface area contributed by atoms with E-state index in [4.69, 9.17) is 5.11 Å². The number of carbonyl (C=O) groups excluding carboxylic acids is 1. The van der Waals surface area contributed by atoms with Gasteiger partial charge in [-0.2, -0.15) is 0 Å². The molecule has 5 nitrogen and oxygen atoms in total. The molecule has 1 aliphatic heterocycles. The van der Waals surface area contributed by atoms with Gasteiger partial charge in [0.15, 0.2) is 0 Å². The van der Waals surface area contributed by atoms with Gasteiger partial charge in [0.25, 0.3) is 0 Å². The number of aliphatic carboxylic acids is 1. The molecule has 0 aromatic rings. The number of likely N-dealkylation sites (tertiary alicyclic amines) is 1. The minimum Gasteiger partial charge on any atom is -0.480 e. The van der Waals surface area contributed by atoms with Gasteiger partial charge in [0.2, 0.25) is 0 Å². The van der Waals surface area contributed by atoms with Gasteiger partial charge < -0.3 is 15.3 Å². The Morgan fingerprint density at radius 2 is 2.11 bits per heavy atom. The van der Waals surface area contributed by atoms with E-state index in [-0.39, 0.29) is 12.1 Å². The highest BCUT2D eigenvalue weighted by Gasteiger charge is 2.30. The molecule has 2 N–H and O–H groups in total. The molecule has 0 bridgehead atoms. The summed E-state index contributed by atoms with van der Waals surface area (Å²) in [5.74, 6) is -0.484. The third-order valence-corrected chi connectivity index (χ3v) is 3.81. The second-order valence-electron chi connectivity index (χ2n) is 5.18. The summed E-state index contributed by atoms with van der Waals surface area (Å²) in [6.07, 6.45) is 3.33. The van der Waals surface area contributed by atoms with Crippen molar-refractivity contribution in [3.05, 3.63) is 0 Å². The fourth-order valence-electron chi connectivity index (χ4n) is 2.40. The molecule has 0 radical (unpaired) electrons. The van der Waals surface area contributed by atoms with Crippen LogP contribution in [0.25, 0.3) is 0 Å². The Balaban J connectivity index is 2.60. The molecule has 2 amide bonds. The zero-order chi connectivity index (χ0) is 13.7. The van der Waals surface area contributed by atoms with Crippen LogP contribution in [0, 0.1) is 5.92 Å². The number of hydrogen-bond acceptors (Lipinski definition) is 2. The fourth-order valence-corrected chi connectivity index (χ4v) is 2.40. The lowest BCUT2D eigenvalue weighted by atomic mass is 9.92. The molecule has 104 valence electrons. The second kappa shape index (κ2) is 6.61. The Morgan fingerprint density at radius 1 is 1.44 bits per heavy atom. The molecule has 1 saturated heterocycles. The number of amides is 2. The van der Waals surface area contributed by atoms with Crippen molar-refractivity contribution < 1.29 is 14.7 Å². The first-order chi connectivity index (χ1) is 8.47. The topological polar surface area (TPSA) is 69.6 Å². The molecule has 3 atom stereocenters. The number of nitrogens with zero attached hydrogens (tertiary/aromatic N) is 1. The minimum atomic E-state index is -0.956. The maximum absolute atomic E-state index is 12.1. The summed E-state index contributed by atoms with van der Waals surface area (Å²) >= 11 is 0. The molecule has 0 aliphatic carbocycles. The number of urea groups is 1. The number of carboxylic acids is 1. The first-order valence-corrected chi connectivity index (χ1v) is 6.77. The van der Waals surface area contributed by atoms with Crippen LogP contribution in [0.3, 0.4) is 0 Å². The molecule has 0 saturated carbocycles. The van der Waals surface area contributed by atoms with Crippen molar-refractivity contribution in [1.29, 1.82) is 0 Å². The van der Waals surface area contributed by atoms with Crippen LogP contribution in [0.1, 0.15) is 46.5 Å². The maximum atomic E-state index is 12.1. The predicted molar refractivity (Wildman–Crippen MR) is 69.4 cm³/mol. The molecule has 1 rings (SSSR count).